The molecule has 1 N–H and O–H groups in total. The fourth-order valence-corrected chi connectivity index (χ4v) is 6.05. The maximum absolute atomic E-state index is 13.1. The Hall–Kier alpha value is -2.59. The average Bonchev–Trinajstić information content (AvgIpc) is 3.44. The van der Waals surface area contributed by atoms with Crippen molar-refractivity contribution in [3.05, 3.63) is 46.9 Å². The predicted molar refractivity (Wildman–Crippen MR) is 135 cm³/mol. The van der Waals surface area contributed by atoms with Crippen molar-refractivity contribution < 1.29 is 18.3 Å². The van der Waals surface area contributed by atoms with Gasteiger partial charge in [-0.15, -0.1) is 0 Å². The van der Waals surface area contributed by atoms with E-state index in [-0.39, 0.29) is 11.9 Å². The van der Waals surface area contributed by atoms with E-state index in [1.54, 1.807) is 0 Å². The molecule has 7 nitrogen and oxygen atoms in total. The van der Waals surface area contributed by atoms with Gasteiger partial charge in [0.05, 0.1) is 17.8 Å². The Labute approximate surface area is 213 Å². The van der Waals surface area contributed by atoms with E-state index in [0.717, 1.165) is 87.0 Å². The van der Waals surface area contributed by atoms with Crippen LogP contribution in [0.1, 0.15) is 55.3 Å². The van der Waals surface area contributed by atoms with Crippen LogP contribution < -0.4 is 10.1 Å². The van der Waals surface area contributed by atoms with Gasteiger partial charge in [-0.2, -0.15) is 0 Å². The average molecular weight is 518 g/mol. The van der Waals surface area contributed by atoms with E-state index < -0.39 is 12.5 Å². The van der Waals surface area contributed by atoms with Crippen LogP contribution in [0.4, 0.5) is 8.78 Å². The molecule has 0 spiro atoms. The second kappa shape index (κ2) is 10.8. The first-order chi connectivity index (χ1) is 17.3. The minimum atomic E-state index is -2.85. The Morgan fingerprint density at radius 3 is 2.86 bits per heavy atom. The maximum atomic E-state index is 13.1. The highest BCUT2D eigenvalue weighted by atomic mass is 32.1. The molecule has 0 aromatic carbocycles. The summed E-state index contributed by atoms with van der Waals surface area (Å²) in [5, 5.41) is 3.56. The molecule has 194 valence electrons. The largest absolute Gasteiger partial charge is 0.464 e. The van der Waals surface area contributed by atoms with Gasteiger partial charge >= 0.3 is 0 Å². The van der Waals surface area contributed by atoms with Crippen molar-refractivity contribution >= 4 is 22.9 Å². The van der Waals surface area contributed by atoms with Crippen LogP contribution in [0.2, 0.25) is 0 Å². The van der Waals surface area contributed by atoms with Crippen LogP contribution in [0.25, 0.3) is 5.65 Å². The Balaban J connectivity index is 1.01. The van der Waals surface area contributed by atoms with E-state index in [2.05, 4.69) is 20.2 Å². The first kappa shape index (κ1) is 25.1. The molecule has 10 heteroatoms. The minimum Gasteiger partial charge on any atom is -0.464 e. The fraction of sp³-hybridized carbons (Fsp3) is 0.577. The highest BCUT2D eigenvalue weighted by molar-refractivity contribution is 7.13. The lowest BCUT2D eigenvalue weighted by atomic mass is 9.84. The Morgan fingerprint density at radius 2 is 2.08 bits per heavy atom. The molecule has 0 saturated heterocycles. The zero-order chi connectivity index (χ0) is 25.1. The number of thiazole rings is 1. The standard InChI is InChI=1S/C26H33F2N5O2S/c1-26(27,28)17-35-25-31-21-16-32(13-10-22(21)36-25)12-9-18-5-7-19(8-6-18)30-24(34)14-20-15-33-11-3-2-4-23(33)29-20/h2-4,11,15,18-19H,5-10,12-14,16-17H2,1H3,(H,30,34). The number of rotatable bonds is 9. The third-order valence-electron chi connectivity index (χ3n) is 7.06. The van der Waals surface area contributed by atoms with Gasteiger partial charge in [0.2, 0.25) is 5.91 Å². The van der Waals surface area contributed by atoms with E-state index in [1.165, 1.54) is 11.3 Å². The van der Waals surface area contributed by atoms with Crippen LogP contribution in [-0.4, -0.2) is 56.8 Å². The third-order valence-corrected chi connectivity index (χ3v) is 8.13. The van der Waals surface area contributed by atoms with Crippen molar-refractivity contribution in [1.29, 1.82) is 0 Å². The molecule has 0 radical (unpaired) electrons. The number of ether oxygens (including phenoxy) is 1. The van der Waals surface area contributed by atoms with Gasteiger partial charge in [0.25, 0.3) is 11.1 Å². The number of imidazole rings is 1. The maximum Gasteiger partial charge on any atom is 0.278 e. The summed E-state index contributed by atoms with van der Waals surface area (Å²) < 4.78 is 33.3. The molecule has 36 heavy (non-hydrogen) atoms. The van der Waals surface area contributed by atoms with Gasteiger partial charge in [-0.3, -0.25) is 9.69 Å². The zero-order valence-electron chi connectivity index (χ0n) is 20.6. The Morgan fingerprint density at radius 1 is 1.25 bits per heavy atom. The SMILES string of the molecule is CC(F)(F)COc1nc2c(s1)CCN(CCC1CCC(NC(=O)Cc3cn4ccccc4n3)CC1)C2. The monoisotopic (exact) mass is 517 g/mol. The van der Waals surface area contributed by atoms with E-state index in [4.69, 9.17) is 4.74 Å². The van der Waals surface area contributed by atoms with Crippen molar-refractivity contribution in [2.75, 3.05) is 19.7 Å². The number of carbonyl (C=O) groups excluding carboxylic acids is 1. The second-order valence-electron chi connectivity index (χ2n) is 10.2. The molecule has 1 amide bonds. The Kier molecular flexibility index (Phi) is 7.52. The van der Waals surface area contributed by atoms with Gasteiger partial charge in [0.15, 0.2) is 6.61 Å². The molecule has 0 atom stereocenters. The topological polar surface area (TPSA) is 71.8 Å². The molecule has 0 unspecified atom stereocenters. The molecule has 1 aliphatic heterocycles. The molecule has 1 aliphatic carbocycles. The van der Waals surface area contributed by atoms with Crippen molar-refractivity contribution in [3.63, 3.8) is 0 Å². The number of nitrogens with zero attached hydrogens (tertiary/aromatic N) is 4. The lowest BCUT2D eigenvalue weighted by molar-refractivity contribution is -0.121. The lowest BCUT2D eigenvalue weighted by Crippen LogP contribution is -2.39. The molecule has 1 saturated carbocycles. The van der Waals surface area contributed by atoms with E-state index in [1.807, 2.05) is 35.0 Å². The lowest BCUT2D eigenvalue weighted by Gasteiger charge is -2.32. The number of amides is 1. The highest BCUT2D eigenvalue weighted by Crippen LogP contribution is 2.32. The predicted octanol–water partition coefficient (Wildman–Crippen LogP) is 4.49. The Bertz CT molecular complexity index is 1150. The molecule has 4 heterocycles. The van der Waals surface area contributed by atoms with Crippen LogP contribution >= 0.6 is 11.3 Å². The third kappa shape index (κ3) is 6.59. The number of pyridine rings is 1. The fourth-order valence-electron chi connectivity index (χ4n) is 5.15. The summed E-state index contributed by atoms with van der Waals surface area (Å²) in [6, 6.07) is 6.07. The summed E-state index contributed by atoms with van der Waals surface area (Å²) in [6.45, 7) is 2.95. The molecule has 2 aliphatic rings. The number of fused-ring (bicyclic) bond motifs is 2. The molecule has 3 aromatic heterocycles. The number of nitrogens with one attached hydrogen (secondary N) is 1. The van der Waals surface area contributed by atoms with Gasteiger partial charge in [0, 0.05) is 43.3 Å². The number of hydrogen-bond donors (Lipinski definition) is 1. The van der Waals surface area contributed by atoms with Gasteiger partial charge in [-0.05, 0) is 63.1 Å². The first-order valence-electron chi connectivity index (χ1n) is 12.7. The van der Waals surface area contributed by atoms with Crippen LogP contribution in [0.5, 0.6) is 5.19 Å². The molecular weight excluding hydrogens is 484 g/mol. The summed E-state index contributed by atoms with van der Waals surface area (Å²) in [6.07, 6.45) is 10.5. The summed E-state index contributed by atoms with van der Waals surface area (Å²) in [5.74, 6) is -2.14. The van der Waals surface area contributed by atoms with E-state index >= 15 is 0 Å². The van der Waals surface area contributed by atoms with Crippen molar-refractivity contribution in [3.8, 4) is 5.19 Å². The smallest absolute Gasteiger partial charge is 0.278 e. The number of halogens is 2. The van der Waals surface area contributed by atoms with Gasteiger partial charge in [0.1, 0.15) is 5.65 Å². The van der Waals surface area contributed by atoms with Gasteiger partial charge < -0.3 is 14.5 Å². The first-order valence-corrected chi connectivity index (χ1v) is 13.6. The summed E-state index contributed by atoms with van der Waals surface area (Å²) in [4.78, 5) is 25.1. The number of carbonyl (C=O) groups is 1. The van der Waals surface area contributed by atoms with E-state index in [0.29, 0.717) is 17.5 Å². The molecule has 5 rings (SSSR count). The van der Waals surface area contributed by atoms with Crippen molar-refractivity contribution in [2.24, 2.45) is 5.92 Å². The van der Waals surface area contributed by atoms with Crippen molar-refractivity contribution in [2.45, 2.75) is 70.4 Å². The number of alkyl halides is 2. The second-order valence-corrected chi connectivity index (χ2v) is 11.2. The molecule has 0 bridgehead atoms. The van der Waals surface area contributed by atoms with Gasteiger partial charge in [-0.1, -0.05) is 17.4 Å². The minimum absolute atomic E-state index is 0.0419. The molecular formula is C26H33F2N5O2S. The molecule has 3 aromatic rings. The zero-order valence-corrected chi connectivity index (χ0v) is 21.4. The normalized spacial score (nSPS) is 20.9. The number of aromatic nitrogens is 3. The quantitative estimate of drug-likeness (QED) is 0.453. The summed E-state index contributed by atoms with van der Waals surface area (Å²) in [5.41, 5.74) is 2.62. The van der Waals surface area contributed by atoms with Crippen molar-refractivity contribution in [1.82, 2.24) is 24.6 Å². The molecule has 1 fully saturated rings. The summed E-state index contributed by atoms with van der Waals surface area (Å²) >= 11 is 1.40. The highest BCUT2D eigenvalue weighted by Gasteiger charge is 2.27. The number of hydrogen-bond acceptors (Lipinski definition) is 6. The summed E-state index contributed by atoms with van der Waals surface area (Å²) in [7, 11) is 0. The van der Waals surface area contributed by atoms with Crippen LogP contribution in [0, 0.1) is 5.92 Å². The van der Waals surface area contributed by atoms with Crippen LogP contribution in [-0.2, 0) is 24.2 Å². The van der Waals surface area contributed by atoms with Crippen LogP contribution in [0.15, 0.2) is 30.6 Å². The van der Waals surface area contributed by atoms with Crippen LogP contribution in [0.3, 0.4) is 0 Å². The van der Waals surface area contributed by atoms with E-state index in [9.17, 15) is 13.6 Å². The van der Waals surface area contributed by atoms with Gasteiger partial charge in [-0.25, -0.2) is 18.7 Å².